The molecule has 38 nitrogen and oxygen atoms in total. The Morgan fingerprint density at radius 3 is 1.74 bits per heavy atom. The number of carboxylic acids is 4. The number of nitrogens with two attached hydrogens (primary N) is 2. The summed E-state index contributed by atoms with van der Waals surface area (Å²) in [5.41, 5.74) is 12.4. The lowest BCUT2D eigenvalue weighted by atomic mass is 9.87. The number of fused-ring (bicyclic) bond motifs is 2. The van der Waals surface area contributed by atoms with Crippen molar-refractivity contribution in [2.24, 2.45) is 35.1 Å². The third kappa shape index (κ3) is 34.2. The van der Waals surface area contributed by atoms with Gasteiger partial charge in [-0.1, -0.05) is 109 Å². The van der Waals surface area contributed by atoms with E-state index in [1.54, 1.807) is 12.1 Å². The fourth-order valence-electron chi connectivity index (χ4n) is 14.1. The summed E-state index contributed by atoms with van der Waals surface area (Å²) < 4.78 is 0. The van der Waals surface area contributed by atoms with Gasteiger partial charge < -0.3 is 94.9 Å². The number of carbonyl (C=O) groups is 20. The Balaban J connectivity index is 1.76. The molecule has 3 heterocycles. The van der Waals surface area contributed by atoms with Gasteiger partial charge in [-0.3, -0.25) is 95.9 Å². The summed E-state index contributed by atoms with van der Waals surface area (Å²) in [7, 11) is 0. The van der Waals surface area contributed by atoms with Gasteiger partial charge in [0.1, 0.15) is 42.0 Å². The first-order valence-electron chi connectivity index (χ1n) is 40.4. The van der Waals surface area contributed by atoms with Gasteiger partial charge >= 0.3 is 23.9 Å². The lowest BCUT2D eigenvalue weighted by Gasteiger charge is -2.39. The lowest BCUT2D eigenvalue weighted by molar-refractivity contribution is -0.150. The third-order valence-electron chi connectivity index (χ3n) is 20.9. The maximum Gasteiger partial charge on any atom is 0.308 e. The molecular weight excluding hydrogens is 1530 g/mol. The van der Waals surface area contributed by atoms with E-state index in [4.69, 9.17) is 11.5 Å². The number of nitrogens with one attached hydrogen (secondary N) is 10. The van der Waals surface area contributed by atoms with Crippen LogP contribution in [0.4, 0.5) is 0 Å². The molecule has 0 radical (unpaired) electrons. The maximum atomic E-state index is 15.6. The summed E-state index contributed by atoms with van der Waals surface area (Å²) in [6.45, 7) is 5.68. The van der Waals surface area contributed by atoms with Crippen molar-refractivity contribution in [1.82, 2.24) is 63.0 Å². The number of ketones is 4. The molecule has 0 bridgehead atoms. The Labute approximate surface area is 679 Å². The van der Waals surface area contributed by atoms with E-state index < -0.39 is 261 Å². The van der Waals surface area contributed by atoms with Crippen molar-refractivity contribution in [2.75, 3.05) is 39.3 Å². The molecule has 18 N–H and O–H groups in total. The molecule has 1 aromatic carbocycles. The van der Waals surface area contributed by atoms with Crippen molar-refractivity contribution in [1.29, 1.82) is 0 Å². The monoisotopic (exact) mass is 1650 g/mol. The summed E-state index contributed by atoms with van der Waals surface area (Å²) >= 11 is 0. The highest BCUT2D eigenvalue weighted by Gasteiger charge is 2.46. The Morgan fingerprint density at radius 2 is 1.14 bits per heavy atom. The highest BCUT2D eigenvalue weighted by molar-refractivity contribution is 6.03. The smallest absolute Gasteiger partial charge is 0.308 e. The van der Waals surface area contributed by atoms with Gasteiger partial charge in [-0.2, -0.15) is 0 Å². The largest absolute Gasteiger partial charge is 0.481 e. The average molecular weight is 1650 g/mol. The quantitative estimate of drug-likeness (QED) is 0.0296. The standard InChI is InChI=1S/C79H120N14O24/c1-7-8-9-10-11-12-13-14-15-16-22-51(94)35-48-26-28-49(29-27-48)58(95)30-31-61(98)87-54(39-66(104)105)59(96)38-52-46(5)86-74(111)57-25-21-34-93(57)78(115)68(44(2)3)90-76(113)70(47(6)85-62(99)41-83-72(109)53(81)23-17-19-32-80)89-64(101)43-84-73(110)55(40-67(106)107)88-63(100)42-82-71(108)50(37-65(102)103)36-60(97)69(45(4)79(116)117)91-75(112)56-24-18-20-33-92(56)77(52)114/h26-29,44-47,50,52-57,68-70H,7-25,30-43,80-81H2,1-6H3,(H,82,108)(H,83,109)(H,84,110)(H,85,99)(H,86,111)(H,87,98)(H,88,100)(H,89,101)(H,90,113)(H,91,112)(H,102,103)(H,104,105)(H,106,107)(H,116,117). The second-order valence-electron chi connectivity index (χ2n) is 30.8. The van der Waals surface area contributed by atoms with Gasteiger partial charge in [0, 0.05) is 63.2 Å². The number of benzene rings is 1. The number of amides is 12. The van der Waals surface area contributed by atoms with Crippen LogP contribution in [0.25, 0.3) is 0 Å². The van der Waals surface area contributed by atoms with E-state index in [-0.39, 0.29) is 69.4 Å². The summed E-state index contributed by atoms with van der Waals surface area (Å²) in [5.74, 6) is -29.0. The number of Topliss-reactive ketones (excluding diaryl/α,β-unsaturated/α-hetero) is 4. The molecule has 3 aliphatic heterocycles. The van der Waals surface area contributed by atoms with Crippen molar-refractivity contribution in [3.05, 3.63) is 35.4 Å². The highest BCUT2D eigenvalue weighted by Crippen LogP contribution is 2.28. The van der Waals surface area contributed by atoms with E-state index in [1.165, 1.54) is 78.4 Å². The van der Waals surface area contributed by atoms with Crippen molar-refractivity contribution in [3.63, 3.8) is 0 Å². The van der Waals surface area contributed by atoms with Crippen LogP contribution in [-0.2, 0) is 97.5 Å². The van der Waals surface area contributed by atoms with Crippen LogP contribution in [0.15, 0.2) is 24.3 Å². The molecule has 13 unspecified atom stereocenters. The van der Waals surface area contributed by atoms with E-state index in [9.17, 15) is 112 Å². The van der Waals surface area contributed by atoms with E-state index in [2.05, 4.69) is 60.1 Å². The molecule has 4 rings (SSSR count). The van der Waals surface area contributed by atoms with E-state index in [0.29, 0.717) is 31.4 Å². The normalized spacial score (nSPS) is 22.4. The number of hydrogen-bond donors (Lipinski definition) is 16. The molecule has 1 aromatic rings. The number of unbranched alkanes of at least 4 members (excludes halogenated alkanes) is 10. The predicted molar refractivity (Wildman–Crippen MR) is 419 cm³/mol. The molecule has 117 heavy (non-hydrogen) atoms. The number of piperidine rings is 1. The molecule has 3 aliphatic rings. The van der Waals surface area contributed by atoms with Gasteiger partial charge in [-0.15, -0.1) is 0 Å². The summed E-state index contributed by atoms with van der Waals surface area (Å²) in [5, 5.41) is 63.5. The minimum Gasteiger partial charge on any atom is -0.481 e. The number of aliphatic carboxylic acids is 4. The van der Waals surface area contributed by atoms with Crippen molar-refractivity contribution in [2.45, 2.75) is 275 Å². The molecule has 0 aliphatic carbocycles. The lowest BCUT2D eigenvalue weighted by Crippen LogP contribution is -2.63. The number of nitrogens with zero attached hydrogens (tertiary/aromatic N) is 2. The Kier molecular flexibility index (Phi) is 42.8. The number of carbonyl (C=O) groups excluding carboxylic acids is 16. The molecule has 38 heteroatoms. The first-order chi connectivity index (χ1) is 55.4. The molecule has 3 saturated heterocycles. The third-order valence-corrected chi connectivity index (χ3v) is 20.9. The van der Waals surface area contributed by atoms with E-state index in [1.807, 2.05) is 0 Å². The summed E-state index contributed by atoms with van der Waals surface area (Å²) in [6, 6.07) is -10.3. The maximum absolute atomic E-state index is 15.6. The fourth-order valence-corrected chi connectivity index (χ4v) is 14.1. The fraction of sp³-hybridized carbons (Fsp3) is 0.671. The van der Waals surface area contributed by atoms with Crippen molar-refractivity contribution >= 4 is 118 Å². The summed E-state index contributed by atoms with van der Waals surface area (Å²) in [4.78, 5) is 277. The predicted octanol–water partition coefficient (Wildman–Crippen LogP) is -0.352. The molecule has 3 fully saturated rings. The zero-order chi connectivity index (χ0) is 87.2. The van der Waals surface area contributed by atoms with Crippen LogP contribution in [-0.4, -0.2) is 248 Å². The highest BCUT2D eigenvalue weighted by atomic mass is 16.4. The van der Waals surface area contributed by atoms with Crippen LogP contribution < -0.4 is 64.6 Å². The molecular formula is C79H120N14O24. The Hall–Kier alpha value is -10.7. The zero-order valence-electron chi connectivity index (χ0n) is 67.7. The minimum absolute atomic E-state index is 0.0424. The van der Waals surface area contributed by atoms with Gasteiger partial charge in [0.05, 0.1) is 74.8 Å². The number of rotatable bonds is 39. The van der Waals surface area contributed by atoms with Crippen LogP contribution in [0.2, 0.25) is 0 Å². The molecule has 650 valence electrons. The van der Waals surface area contributed by atoms with Gasteiger partial charge in [-0.05, 0) is 90.2 Å². The van der Waals surface area contributed by atoms with Gasteiger partial charge in [0.25, 0.3) is 0 Å². The second kappa shape index (κ2) is 50.7. The van der Waals surface area contributed by atoms with Gasteiger partial charge in [0.2, 0.25) is 70.9 Å². The van der Waals surface area contributed by atoms with Crippen LogP contribution in [0, 0.1) is 23.7 Å². The van der Waals surface area contributed by atoms with Crippen molar-refractivity contribution in [3.8, 4) is 0 Å². The van der Waals surface area contributed by atoms with Crippen LogP contribution >= 0.6 is 0 Å². The van der Waals surface area contributed by atoms with Crippen molar-refractivity contribution < 1.29 is 116 Å². The van der Waals surface area contributed by atoms with Crippen LogP contribution in [0.5, 0.6) is 0 Å². The minimum atomic E-state index is -2.09. The van der Waals surface area contributed by atoms with E-state index in [0.717, 1.165) is 42.4 Å². The molecule has 0 aromatic heterocycles. The molecule has 0 spiro atoms. The van der Waals surface area contributed by atoms with Gasteiger partial charge in [-0.25, -0.2) is 0 Å². The van der Waals surface area contributed by atoms with Crippen LogP contribution in [0.3, 0.4) is 0 Å². The molecule has 13 atom stereocenters. The number of hydrogen-bond acceptors (Lipinski definition) is 22. The molecule has 12 amide bonds. The summed E-state index contributed by atoms with van der Waals surface area (Å²) in [6.07, 6.45) is 6.71. The van der Waals surface area contributed by atoms with Crippen LogP contribution in [0.1, 0.15) is 224 Å². The first-order valence-corrected chi connectivity index (χ1v) is 40.4. The Bertz CT molecular complexity index is 3690. The number of carboxylic acid groups (broad SMARTS) is 4. The topological polar surface area (TPSA) is 601 Å². The zero-order valence-corrected chi connectivity index (χ0v) is 67.7. The second-order valence-corrected chi connectivity index (χ2v) is 30.8. The Morgan fingerprint density at radius 1 is 0.564 bits per heavy atom. The SMILES string of the molecule is CCCCCCCCCCCCC(=O)Cc1ccc(C(=O)CCC(=O)NC(CC(=O)O)C(=O)CC2C(=O)N3CCCCC3C(=O)NC(C(C)C(=O)O)C(=O)CC(CC(=O)O)C(=O)NCC(=O)NC(CC(=O)O)C(=O)NCC(=O)NC(C(C)NC(=O)CNC(=O)C(N)CCCCN)C(=O)NC(C(C)C)C(=O)N3CCCC3C(=O)NC2C)cc1. The first kappa shape index (κ1) is 98.7. The average Bonchev–Trinajstić information content (AvgIpc) is 1.78. The van der Waals surface area contributed by atoms with E-state index >= 15 is 4.79 Å². The van der Waals surface area contributed by atoms with Gasteiger partial charge in [0.15, 0.2) is 17.3 Å². The molecule has 0 saturated carbocycles.